The second kappa shape index (κ2) is 12.5. The Morgan fingerprint density at radius 3 is 1.71 bits per heavy atom. The highest BCUT2D eigenvalue weighted by Crippen LogP contribution is 2.09. The van der Waals surface area contributed by atoms with Crippen molar-refractivity contribution in [1.29, 1.82) is 0 Å². The van der Waals surface area contributed by atoms with E-state index in [1.165, 1.54) is 4.90 Å². The fraction of sp³-hybridized carbons (Fsp3) is 0.471. The van der Waals surface area contributed by atoms with Gasteiger partial charge >= 0.3 is 6.09 Å². The minimum atomic E-state index is -0.529. The van der Waals surface area contributed by atoms with Crippen molar-refractivity contribution in [3.05, 3.63) is 0 Å². The fourth-order valence-electron chi connectivity index (χ4n) is 0.939. The number of nitrogens with one attached hydrogen (secondary N) is 1. The molecule has 1 amide bonds. The molecule has 0 heterocycles. The summed E-state index contributed by atoms with van der Waals surface area (Å²) in [6.45, 7) is 6.81. The number of hydrogen-bond acceptors (Lipinski definition) is 3. The summed E-state index contributed by atoms with van der Waals surface area (Å²) >= 11 is 0. The van der Waals surface area contributed by atoms with Crippen molar-refractivity contribution < 1.29 is 9.53 Å². The van der Waals surface area contributed by atoms with Gasteiger partial charge in [0.1, 0.15) is 5.60 Å². The number of carbonyl (C=O) groups excluding carboxylic acids is 1. The second-order valence-corrected chi connectivity index (χ2v) is 4.76. The van der Waals surface area contributed by atoms with Crippen LogP contribution in [0.25, 0.3) is 0 Å². The molecule has 21 heavy (non-hydrogen) atoms. The van der Waals surface area contributed by atoms with Gasteiger partial charge in [0.15, 0.2) is 0 Å². The SMILES string of the molecule is C#CCN(CC#C)C(=O)OC(C)(C)C.C#CCNCC#C. The largest absolute Gasteiger partial charge is 0.444 e. The van der Waals surface area contributed by atoms with Crippen molar-refractivity contribution in [3.8, 4) is 49.4 Å². The van der Waals surface area contributed by atoms with Crippen LogP contribution in [0, 0.1) is 49.4 Å². The number of ether oxygens (including phenoxy) is 1. The van der Waals surface area contributed by atoms with Crippen LogP contribution in [0.5, 0.6) is 0 Å². The third-order valence-corrected chi connectivity index (χ3v) is 1.67. The average molecular weight is 286 g/mol. The molecule has 4 heteroatoms. The van der Waals surface area contributed by atoms with Gasteiger partial charge < -0.3 is 4.74 Å². The van der Waals surface area contributed by atoms with Crippen LogP contribution in [-0.4, -0.2) is 42.8 Å². The van der Waals surface area contributed by atoms with Gasteiger partial charge in [-0.25, -0.2) is 4.79 Å². The molecule has 0 spiro atoms. The standard InChI is InChI=1S/C11H15NO2.C6H7N/c1-6-8-12(9-7-2)10(13)14-11(3,4)5;1-3-5-7-6-4-2/h1-2H,8-9H2,3-5H3;1-2,7H,5-6H2. The number of carbonyl (C=O) groups is 1. The molecule has 0 aliphatic heterocycles. The zero-order valence-corrected chi connectivity index (χ0v) is 12.9. The summed E-state index contributed by atoms with van der Waals surface area (Å²) in [4.78, 5) is 12.7. The van der Waals surface area contributed by atoms with E-state index < -0.39 is 11.7 Å². The average Bonchev–Trinajstić information content (AvgIpc) is 2.38. The molecular formula is C17H22N2O2. The first kappa shape index (κ1) is 20.8. The van der Waals surface area contributed by atoms with E-state index >= 15 is 0 Å². The molecule has 0 atom stereocenters. The summed E-state index contributed by atoms with van der Waals surface area (Å²) in [5.41, 5.74) is -0.529. The molecule has 0 bridgehead atoms. The molecule has 0 rings (SSSR count). The highest BCUT2D eigenvalue weighted by Gasteiger charge is 2.20. The minimum Gasteiger partial charge on any atom is -0.444 e. The second-order valence-electron chi connectivity index (χ2n) is 4.76. The number of amides is 1. The number of hydrogen-bond donors (Lipinski definition) is 1. The molecule has 0 saturated carbocycles. The van der Waals surface area contributed by atoms with Crippen LogP contribution in [0.2, 0.25) is 0 Å². The van der Waals surface area contributed by atoms with E-state index in [0.717, 1.165) is 0 Å². The molecule has 0 aliphatic rings. The Morgan fingerprint density at radius 2 is 1.43 bits per heavy atom. The quantitative estimate of drug-likeness (QED) is 0.626. The maximum atomic E-state index is 11.5. The molecule has 0 fully saturated rings. The molecule has 0 aromatic heterocycles. The highest BCUT2D eigenvalue weighted by molar-refractivity contribution is 5.68. The lowest BCUT2D eigenvalue weighted by Crippen LogP contribution is -2.37. The summed E-state index contributed by atoms with van der Waals surface area (Å²) in [7, 11) is 0. The molecule has 112 valence electrons. The van der Waals surface area contributed by atoms with Gasteiger partial charge in [0.25, 0.3) is 0 Å². The summed E-state index contributed by atoms with van der Waals surface area (Å²) < 4.78 is 5.10. The molecule has 1 N–H and O–H groups in total. The molecule has 0 unspecified atom stereocenters. The van der Waals surface area contributed by atoms with Gasteiger partial charge in [0.2, 0.25) is 0 Å². The smallest absolute Gasteiger partial charge is 0.411 e. The maximum absolute atomic E-state index is 11.5. The van der Waals surface area contributed by atoms with E-state index in [0.29, 0.717) is 13.1 Å². The summed E-state index contributed by atoms with van der Waals surface area (Å²) in [5, 5.41) is 2.81. The van der Waals surface area contributed by atoms with Crippen LogP contribution in [-0.2, 0) is 4.74 Å². The van der Waals surface area contributed by atoms with E-state index in [1.807, 2.05) is 0 Å². The summed E-state index contributed by atoms with van der Waals surface area (Å²) in [6, 6.07) is 0. The fourth-order valence-corrected chi connectivity index (χ4v) is 0.939. The van der Waals surface area contributed by atoms with Gasteiger partial charge in [0.05, 0.1) is 26.2 Å². The summed E-state index contributed by atoms with van der Waals surface area (Å²) in [5.74, 6) is 9.49. The van der Waals surface area contributed by atoms with Crippen LogP contribution < -0.4 is 5.32 Å². The molecule has 0 aliphatic carbocycles. The lowest BCUT2D eigenvalue weighted by Gasteiger charge is -2.24. The molecular weight excluding hydrogens is 264 g/mol. The van der Waals surface area contributed by atoms with Crippen molar-refractivity contribution in [2.75, 3.05) is 26.2 Å². The van der Waals surface area contributed by atoms with Crippen LogP contribution >= 0.6 is 0 Å². The van der Waals surface area contributed by atoms with Gasteiger partial charge in [-0.15, -0.1) is 25.7 Å². The van der Waals surface area contributed by atoms with Crippen LogP contribution in [0.4, 0.5) is 4.79 Å². The van der Waals surface area contributed by atoms with E-state index in [4.69, 9.17) is 30.4 Å². The first-order valence-electron chi connectivity index (χ1n) is 6.24. The lowest BCUT2D eigenvalue weighted by molar-refractivity contribution is 0.0299. The van der Waals surface area contributed by atoms with Crippen LogP contribution in [0.15, 0.2) is 0 Å². The van der Waals surface area contributed by atoms with E-state index in [-0.39, 0.29) is 13.1 Å². The monoisotopic (exact) mass is 286 g/mol. The first-order valence-corrected chi connectivity index (χ1v) is 6.24. The predicted molar refractivity (Wildman–Crippen MR) is 86.0 cm³/mol. The third-order valence-electron chi connectivity index (χ3n) is 1.67. The Balaban J connectivity index is 0. The van der Waals surface area contributed by atoms with Crippen molar-refractivity contribution in [2.45, 2.75) is 26.4 Å². The molecule has 4 nitrogen and oxygen atoms in total. The topological polar surface area (TPSA) is 41.6 Å². The van der Waals surface area contributed by atoms with Gasteiger partial charge in [-0.1, -0.05) is 23.7 Å². The van der Waals surface area contributed by atoms with Crippen molar-refractivity contribution in [2.24, 2.45) is 0 Å². The Hall–Kier alpha value is -2.53. The van der Waals surface area contributed by atoms with Gasteiger partial charge in [0, 0.05) is 0 Å². The Kier molecular flexibility index (Phi) is 12.4. The van der Waals surface area contributed by atoms with Gasteiger partial charge in [-0.05, 0) is 20.8 Å². The van der Waals surface area contributed by atoms with Crippen molar-refractivity contribution in [1.82, 2.24) is 10.2 Å². The van der Waals surface area contributed by atoms with Gasteiger partial charge in [-0.3, -0.25) is 10.2 Å². The Labute approximate surface area is 128 Å². The number of terminal acetylenes is 4. The molecule has 0 aromatic carbocycles. The number of nitrogens with zero attached hydrogens (tertiary/aromatic N) is 1. The van der Waals surface area contributed by atoms with E-state index in [1.54, 1.807) is 20.8 Å². The molecule has 0 saturated heterocycles. The van der Waals surface area contributed by atoms with Gasteiger partial charge in [-0.2, -0.15) is 0 Å². The highest BCUT2D eigenvalue weighted by atomic mass is 16.6. The zero-order chi connectivity index (χ0) is 16.7. The third kappa shape index (κ3) is 15.4. The summed E-state index contributed by atoms with van der Waals surface area (Å²) in [6.07, 6.45) is 19.5. The first-order chi connectivity index (χ1) is 9.82. The Bertz CT molecular complexity index is 431. The van der Waals surface area contributed by atoms with Crippen LogP contribution in [0.3, 0.4) is 0 Å². The van der Waals surface area contributed by atoms with E-state index in [9.17, 15) is 4.79 Å². The van der Waals surface area contributed by atoms with Crippen molar-refractivity contribution in [3.63, 3.8) is 0 Å². The van der Waals surface area contributed by atoms with Crippen LogP contribution in [0.1, 0.15) is 20.8 Å². The number of rotatable bonds is 4. The predicted octanol–water partition coefficient (Wildman–Crippen LogP) is 1.33. The zero-order valence-electron chi connectivity index (χ0n) is 12.9. The molecule has 0 radical (unpaired) electrons. The normalized spacial score (nSPS) is 8.71. The Morgan fingerprint density at radius 1 is 1.00 bits per heavy atom. The van der Waals surface area contributed by atoms with E-state index in [2.05, 4.69) is 29.0 Å². The molecule has 0 aromatic rings. The minimum absolute atomic E-state index is 0.166. The lowest BCUT2D eigenvalue weighted by atomic mass is 10.2. The van der Waals surface area contributed by atoms with Crippen molar-refractivity contribution >= 4 is 6.09 Å². The maximum Gasteiger partial charge on any atom is 0.411 e.